The number of hydrogen-bond acceptors (Lipinski definition) is 1. The van der Waals surface area contributed by atoms with Crippen molar-refractivity contribution in [2.75, 3.05) is 7.11 Å². The fraction of sp³-hybridized carbons (Fsp3) is 1.00. The highest BCUT2D eigenvalue weighted by molar-refractivity contribution is 5.25. The SMILES string of the molecule is CCC(CCCC1CCC2C3CC(OC)C45C[C@H]4CCC5(C)C3CCC12C)C(C)C. The number of hydrogen-bond donors (Lipinski definition) is 0. The van der Waals surface area contributed by atoms with Crippen LogP contribution in [-0.2, 0) is 4.74 Å². The van der Waals surface area contributed by atoms with E-state index in [1.54, 1.807) is 0 Å². The molecule has 0 bridgehead atoms. The minimum atomic E-state index is 0.564. The van der Waals surface area contributed by atoms with Crippen LogP contribution in [0.5, 0.6) is 0 Å². The van der Waals surface area contributed by atoms with Crippen molar-refractivity contribution in [2.24, 2.45) is 57.7 Å². The zero-order chi connectivity index (χ0) is 21.3. The van der Waals surface area contributed by atoms with E-state index < -0.39 is 0 Å². The Morgan fingerprint density at radius 3 is 2.47 bits per heavy atom. The van der Waals surface area contributed by atoms with Crippen LogP contribution in [0.3, 0.4) is 0 Å². The zero-order valence-electron chi connectivity index (χ0n) is 21.0. The van der Waals surface area contributed by atoms with Gasteiger partial charge in [0.1, 0.15) is 0 Å². The smallest absolute Gasteiger partial charge is 0.0638 e. The molecule has 0 heterocycles. The molecule has 0 aliphatic heterocycles. The summed E-state index contributed by atoms with van der Waals surface area (Å²) in [5, 5.41) is 0. The largest absolute Gasteiger partial charge is 0.381 e. The van der Waals surface area contributed by atoms with Crippen LogP contribution in [0.4, 0.5) is 0 Å². The number of fused-ring (bicyclic) bond motifs is 4. The Labute approximate surface area is 187 Å². The molecule has 5 rings (SSSR count). The lowest BCUT2D eigenvalue weighted by molar-refractivity contribution is -0.159. The second-order valence-electron chi connectivity index (χ2n) is 13.4. The van der Waals surface area contributed by atoms with Crippen LogP contribution in [0.15, 0.2) is 0 Å². The molecule has 9 unspecified atom stereocenters. The molecular weight excluding hydrogens is 364 g/mol. The van der Waals surface area contributed by atoms with Gasteiger partial charge >= 0.3 is 0 Å². The fourth-order valence-corrected chi connectivity index (χ4v) is 10.8. The fourth-order valence-electron chi connectivity index (χ4n) is 10.8. The maximum absolute atomic E-state index is 6.30. The van der Waals surface area contributed by atoms with Crippen LogP contribution in [-0.4, -0.2) is 13.2 Å². The minimum absolute atomic E-state index is 0.564. The molecule has 0 aromatic heterocycles. The summed E-state index contributed by atoms with van der Waals surface area (Å²) in [6.45, 7) is 12.7. The third kappa shape index (κ3) is 2.82. The molecule has 1 spiro atoms. The molecule has 5 fully saturated rings. The molecular formula is C29H50O. The minimum Gasteiger partial charge on any atom is -0.381 e. The van der Waals surface area contributed by atoms with Gasteiger partial charge in [0.2, 0.25) is 0 Å². The zero-order valence-corrected chi connectivity index (χ0v) is 21.0. The summed E-state index contributed by atoms with van der Waals surface area (Å²) in [4.78, 5) is 0. The first-order chi connectivity index (χ1) is 14.3. The van der Waals surface area contributed by atoms with E-state index in [1.807, 2.05) is 7.11 Å². The molecule has 0 radical (unpaired) electrons. The summed E-state index contributed by atoms with van der Waals surface area (Å²) < 4.78 is 6.30. The van der Waals surface area contributed by atoms with Gasteiger partial charge in [-0.05, 0) is 110 Å². The van der Waals surface area contributed by atoms with Gasteiger partial charge in [-0.2, -0.15) is 0 Å². The molecule has 10 atom stereocenters. The molecule has 0 amide bonds. The normalized spacial score (nSPS) is 52.5. The summed E-state index contributed by atoms with van der Waals surface area (Å²) in [6, 6.07) is 0. The molecule has 30 heavy (non-hydrogen) atoms. The molecule has 1 heteroatoms. The van der Waals surface area contributed by atoms with Crippen LogP contribution in [0.25, 0.3) is 0 Å². The van der Waals surface area contributed by atoms with E-state index in [4.69, 9.17) is 4.74 Å². The lowest BCUT2D eigenvalue weighted by atomic mass is 9.45. The van der Waals surface area contributed by atoms with E-state index in [9.17, 15) is 0 Å². The molecule has 1 nitrogen and oxygen atoms in total. The van der Waals surface area contributed by atoms with Crippen molar-refractivity contribution in [2.45, 2.75) is 118 Å². The maximum atomic E-state index is 6.30. The van der Waals surface area contributed by atoms with Crippen molar-refractivity contribution in [3.05, 3.63) is 0 Å². The Kier molecular flexibility index (Phi) is 5.44. The third-order valence-electron chi connectivity index (χ3n) is 12.6. The predicted octanol–water partition coefficient (Wildman–Crippen LogP) is 8.12. The van der Waals surface area contributed by atoms with E-state index in [2.05, 4.69) is 34.6 Å². The molecule has 0 saturated heterocycles. The molecule has 5 aliphatic rings. The Morgan fingerprint density at radius 2 is 1.80 bits per heavy atom. The van der Waals surface area contributed by atoms with Crippen LogP contribution in [0, 0.1) is 57.7 Å². The van der Waals surface area contributed by atoms with Gasteiger partial charge in [0.15, 0.2) is 0 Å². The Morgan fingerprint density at radius 1 is 1.00 bits per heavy atom. The van der Waals surface area contributed by atoms with E-state index in [1.165, 1.54) is 77.0 Å². The van der Waals surface area contributed by atoms with Crippen molar-refractivity contribution in [1.29, 1.82) is 0 Å². The average Bonchev–Trinajstić information content (AvgIpc) is 3.24. The lowest BCUT2D eigenvalue weighted by Gasteiger charge is -2.60. The van der Waals surface area contributed by atoms with Crippen LogP contribution >= 0.6 is 0 Å². The number of methoxy groups -OCH3 is 1. The third-order valence-corrected chi connectivity index (χ3v) is 12.6. The van der Waals surface area contributed by atoms with E-state index in [-0.39, 0.29) is 0 Å². The van der Waals surface area contributed by atoms with Gasteiger partial charge in [-0.1, -0.05) is 53.9 Å². The number of rotatable bonds is 7. The van der Waals surface area contributed by atoms with Gasteiger partial charge in [0.25, 0.3) is 0 Å². The summed E-state index contributed by atoms with van der Waals surface area (Å²) in [6.07, 6.45) is 18.3. The van der Waals surface area contributed by atoms with Gasteiger partial charge in [0, 0.05) is 12.5 Å². The molecule has 0 aromatic carbocycles. The highest BCUT2D eigenvalue weighted by Gasteiger charge is 2.77. The second-order valence-corrected chi connectivity index (χ2v) is 13.4. The Bertz CT molecular complexity index is 640. The Balaban J connectivity index is 1.30. The van der Waals surface area contributed by atoms with Crippen molar-refractivity contribution < 1.29 is 4.74 Å². The molecule has 0 aromatic rings. The average molecular weight is 415 g/mol. The van der Waals surface area contributed by atoms with E-state index >= 15 is 0 Å². The monoisotopic (exact) mass is 414 g/mol. The van der Waals surface area contributed by atoms with E-state index in [0.717, 1.165) is 41.4 Å². The first kappa shape index (κ1) is 21.8. The van der Waals surface area contributed by atoms with Crippen molar-refractivity contribution in [3.8, 4) is 0 Å². The second kappa shape index (κ2) is 7.50. The standard InChI is InChI=1S/C29H50O/c1-7-20(19(2)3)9-8-10-21-11-12-24-23-17-26(30-6)29-18-22(29)13-16-28(29,5)25(23)14-15-27(21,24)4/h19-26H,7-18H2,1-6H3/t20?,21?,22-,23?,24?,25?,26?,27?,28?,29?/m1/s1. The quantitative estimate of drug-likeness (QED) is 0.408. The molecule has 5 aliphatic carbocycles. The maximum Gasteiger partial charge on any atom is 0.0638 e. The van der Waals surface area contributed by atoms with Crippen molar-refractivity contribution in [3.63, 3.8) is 0 Å². The van der Waals surface area contributed by atoms with Gasteiger partial charge in [-0.3, -0.25) is 0 Å². The number of ether oxygens (including phenoxy) is 1. The van der Waals surface area contributed by atoms with Gasteiger partial charge < -0.3 is 4.74 Å². The van der Waals surface area contributed by atoms with Gasteiger partial charge in [-0.25, -0.2) is 0 Å². The highest BCUT2D eigenvalue weighted by atomic mass is 16.5. The predicted molar refractivity (Wildman–Crippen MR) is 126 cm³/mol. The molecule has 5 saturated carbocycles. The van der Waals surface area contributed by atoms with Crippen molar-refractivity contribution >= 4 is 0 Å². The van der Waals surface area contributed by atoms with Crippen LogP contribution in [0.1, 0.15) is 112 Å². The van der Waals surface area contributed by atoms with Crippen LogP contribution < -0.4 is 0 Å². The lowest BCUT2D eigenvalue weighted by Crippen LogP contribution is -2.56. The van der Waals surface area contributed by atoms with Gasteiger partial charge in [0.05, 0.1) is 6.10 Å². The summed E-state index contributed by atoms with van der Waals surface area (Å²) in [5.41, 5.74) is 1.80. The molecule has 172 valence electrons. The first-order valence-corrected chi connectivity index (χ1v) is 13.8. The van der Waals surface area contributed by atoms with Crippen molar-refractivity contribution in [1.82, 2.24) is 0 Å². The van der Waals surface area contributed by atoms with E-state index in [0.29, 0.717) is 22.3 Å². The van der Waals surface area contributed by atoms with Gasteiger partial charge in [-0.15, -0.1) is 0 Å². The topological polar surface area (TPSA) is 9.23 Å². The summed E-state index contributed by atoms with van der Waals surface area (Å²) in [7, 11) is 2.03. The van der Waals surface area contributed by atoms with Crippen LogP contribution in [0.2, 0.25) is 0 Å². The highest BCUT2D eigenvalue weighted by Crippen LogP contribution is 2.82. The summed E-state index contributed by atoms with van der Waals surface area (Å²) >= 11 is 0. The summed E-state index contributed by atoms with van der Waals surface area (Å²) in [5.74, 6) is 6.73. The Hall–Kier alpha value is -0.0400. The molecule has 0 N–H and O–H groups in total. The first-order valence-electron chi connectivity index (χ1n) is 13.8.